The van der Waals surface area contributed by atoms with Crippen molar-refractivity contribution in [2.24, 2.45) is 11.3 Å². The van der Waals surface area contributed by atoms with Gasteiger partial charge in [-0.25, -0.2) is 0 Å². The fourth-order valence-electron chi connectivity index (χ4n) is 2.02. The van der Waals surface area contributed by atoms with E-state index in [1.807, 2.05) is 58.0 Å². The number of Topliss-reactive ketones (excluding diaryl/α,β-unsaturated/α-hetero) is 1. The quantitative estimate of drug-likeness (QED) is 0.561. The number of hydrogen-bond donors (Lipinski definition) is 0. The molecule has 0 aliphatic heterocycles. The molecule has 0 saturated heterocycles. The molecule has 110 valence electrons. The van der Waals surface area contributed by atoms with Crippen molar-refractivity contribution >= 4 is 22.7 Å². The monoisotopic (exact) mass is 292 g/mol. The van der Waals surface area contributed by atoms with Gasteiger partial charge in [0, 0.05) is 11.3 Å². The van der Waals surface area contributed by atoms with Crippen LogP contribution in [0.3, 0.4) is 0 Å². The molecule has 1 aromatic rings. The predicted molar refractivity (Wildman–Crippen MR) is 84.8 cm³/mol. The third-order valence-corrected chi connectivity index (χ3v) is 3.91. The lowest BCUT2D eigenvalue weighted by atomic mass is 9.85. The lowest BCUT2D eigenvalue weighted by molar-refractivity contribution is -0.130. The van der Waals surface area contributed by atoms with Crippen molar-refractivity contribution in [3.05, 3.63) is 30.3 Å². The standard InChI is InChI=1S/C17H24O2S/c1-5-9-14(15(18)12-17(2,3)4)16(19)20-13-10-7-6-8-11-13/h6-8,10-11,14H,5,9,12H2,1-4H3. The van der Waals surface area contributed by atoms with Crippen LogP contribution in [0.15, 0.2) is 35.2 Å². The maximum Gasteiger partial charge on any atom is 0.204 e. The molecule has 0 aliphatic carbocycles. The molecule has 1 atom stereocenters. The Balaban J connectivity index is 2.74. The van der Waals surface area contributed by atoms with Gasteiger partial charge in [-0.15, -0.1) is 0 Å². The molecule has 0 spiro atoms. The van der Waals surface area contributed by atoms with Crippen molar-refractivity contribution in [3.8, 4) is 0 Å². The highest BCUT2D eigenvalue weighted by molar-refractivity contribution is 8.13. The van der Waals surface area contributed by atoms with E-state index in [4.69, 9.17) is 0 Å². The Morgan fingerprint density at radius 1 is 1.15 bits per heavy atom. The number of carbonyl (C=O) groups is 2. The average molecular weight is 292 g/mol. The molecule has 0 saturated carbocycles. The van der Waals surface area contributed by atoms with Crippen LogP contribution < -0.4 is 0 Å². The van der Waals surface area contributed by atoms with Gasteiger partial charge >= 0.3 is 0 Å². The summed E-state index contributed by atoms with van der Waals surface area (Å²) in [6.07, 6.45) is 1.95. The summed E-state index contributed by atoms with van der Waals surface area (Å²) < 4.78 is 0. The van der Waals surface area contributed by atoms with Crippen molar-refractivity contribution in [2.75, 3.05) is 0 Å². The van der Waals surface area contributed by atoms with Crippen molar-refractivity contribution in [2.45, 2.75) is 51.9 Å². The first-order chi connectivity index (χ1) is 9.33. The van der Waals surface area contributed by atoms with Gasteiger partial charge in [0.05, 0.1) is 5.92 Å². The maximum absolute atomic E-state index is 12.4. The van der Waals surface area contributed by atoms with Crippen LogP contribution >= 0.6 is 11.8 Å². The van der Waals surface area contributed by atoms with Crippen molar-refractivity contribution in [1.82, 2.24) is 0 Å². The first-order valence-corrected chi connectivity index (χ1v) is 7.94. The highest BCUT2D eigenvalue weighted by Crippen LogP contribution is 2.29. The Morgan fingerprint density at radius 3 is 2.25 bits per heavy atom. The summed E-state index contributed by atoms with van der Waals surface area (Å²) in [5, 5.41) is -0.0210. The molecule has 1 rings (SSSR count). The summed E-state index contributed by atoms with van der Waals surface area (Å²) in [6, 6.07) is 9.53. The van der Waals surface area contributed by atoms with Gasteiger partial charge in [-0.3, -0.25) is 9.59 Å². The molecule has 0 N–H and O–H groups in total. The molecular weight excluding hydrogens is 268 g/mol. The Hall–Kier alpha value is -1.09. The maximum atomic E-state index is 12.4. The van der Waals surface area contributed by atoms with E-state index in [1.54, 1.807) is 0 Å². The zero-order valence-electron chi connectivity index (χ0n) is 12.8. The second-order valence-corrected chi connectivity index (χ2v) is 7.36. The molecule has 0 aliphatic rings. The minimum atomic E-state index is -0.468. The topological polar surface area (TPSA) is 34.1 Å². The fraction of sp³-hybridized carbons (Fsp3) is 0.529. The summed E-state index contributed by atoms with van der Waals surface area (Å²) in [5.74, 6) is -0.391. The van der Waals surface area contributed by atoms with Crippen LogP contribution in [-0.4, -0.2) is 10.9 Å². The smallest absolute Gasteiger partial charge is 0.204 e. The van der Waals surface area contributed by atoms with E-state index in [2.05, 4.69) is 0 Å². The number of carbonyl (C=O) groups excluding carboxylic acids is 2. The van der Waals surface area contributed by atoms with Crippen LogP contribution in [0.2, 0.25) is 0 Å². The molecule has 2 nitrogen and oxygen atoms in total. The lowest BCUT2D eigenvalue weighted by Crippen LogP contribution is -2.26. The Morgan fingerprint density at radius 2 is 1.75 bits per heavy atom. The molecule has 0 amide bonds. The van der Waals surface area contributed by atoms with Crippen LogP contribution in [0.25, 0.3) is 0 Å². The zero-order chi connectivity index (χ0) is 15.2. The highest BCUT2D eigenvalue weighted by atomic mass is 32.2. The van der Waals surface area contributed by atoms with Crippen molar-refractivity contribution in [1.29, 1.82) is 0 Å². The van der Waals surface area contributed by atoms with Crippen LogP contribution in [0.1, 0.15) is 47.0 Å². The summed E-state index contributed by atoms with van der Waals surface area (Å²) in [4.78, 5) is 25.6. The molecule has 0 heterocycles. The number of benzene rings is 1. The molecule has 1 unspecified atom stereocenters. The minimum absolute atomic E-state index is 0.0210. The summed E-state index contributed by atoms with van der Waals surface area (Å²) in [7, 11) is 0. The highest BCUT2D eigenvalue weighted by Gasteiger charge is 2.29. The van der Waals surface area contributed by atoms with Gasteiger partial charge in [-0.05, 0) is 24.0 Å². The normalized spacial score (nSPS) is 13.0. The molecule has 20 heavy (non-hydrogen) atoms. The van der Waals surface area contributed by atoms with Gasteiger partial charge in [0.25, 0.3) is 0 Å². The molecule has 0 bridgehead atoms. The lowest BCUT2D eigenvalue weighted by Gasteiger charge is -2.21. The molecule has 3 heteroatoms. The number of rotatable bonds is 6. The average Bonchev–Trinajstić information content (AvgIpc) is 2.34. The van der Waals surface area contributed by atoms with Gasteiger partial charge in [-0.1, -0.05) is 64.1 Å². The second kappa shape index (κ2) is 7.63. The number of thioether (sulfide) groups is 1. The third-order valence-electron chi connectivity index (χ3n) is 2.92. The molecule has 0 radical (unpaired) electrons. The van der Waals surface area contributed by atoms with E-state index in [0.717, 1.165) is 11.3 Å². The van der Waals surface area contributed by atoms with E-state index < -0.39 is 5.92 Å². The minimum Gasteiger partial charge on any atom is -0.299 e. The van der Waals surface area contributed by atoms with Crippen molar-refractivity contribution in [3.63, 3.8) is 0 Å². The van der Waals surface area contributed by atoms with Gasteiger partial charge in [0.1, 0.15) is 5.78 Å². The Bertz CT molecular complexity index is 446. The predicted octanol–water partition coefficient (Wildman–Crippen LogP) is 4.73. The molecule has 1 aromatic carbocycles. The van der Waals surface area contributed by atoms with Gasteiger partial charge < -0.3 is 0 Å². The first kappa shape index (κ1) is 17.0. The van der Waals surface area contributed by atoms with E-state index in [-0.39, 0.29) is 16.3 Å². The second-order valence-electron chi connectivity index (χ2n) is 6.28. The largest absolute Gasteiger partial charge is 0.299 e. The van der Waals surface area contributed by atoms with E-state index in [0.29, 0.717) is 12.8 Å². The Kier molecular flexibility index (Phi) is 6.47. The van der Waals surface area contributed by atoms with Gasteiger partial charge in [0.2, 0.25) is 5.12 Å². The fourth-order valence-corrected chi connectivity index (χ4v) is 2.94. The first-order valence-electron chi connectivity index (χ1n) is 7.13. The summed E-state index contributed by atoms with van der Waals surface area (Å²) >= 11 is 1.19. The van der Waals surface area contributed by atoms with Gasteiger partial charge in [0.15, 0.2) is 0 Å². The molecule has 0 fully saturated rings. The molecule has 0 aromatic heterocycles. The van der Waals surface area contributed by atoms with Crippen LogP contribution in [0.4, 0.5) is 0 Å². The van der Waals surface area contributed by atoms with Crippen molar-refractivity contribution < 1.29 is 9.59 Å². The van der Waals surface area contributed by atoms with Crippen LogP contribution in [0.5, 0.6) is 0 Å². The van der Waals surface area contributed by atoms with E-state index >= 15 is 0 Å². The Labute approximate surface area is 126 Å². The SMILES string of the molecule is CCCC(C(=O)CC(C)(C)C)C(=O)Sc1ccccc1. The summed E-state index contributed by atoms with van der Waals surface area (Å²) in [5.41, 5.74) is -0.0687. The number of ketones is 1. The van der Waals surface area contributed by atoms with Crippen LogP contribution in [-0.2, 0) is 9.59 Å². The zero-order valence-corrected chi connectivity index (χ0v) is 13.6. The van der Waals surface area contributed by atoms with Gasteiger partial charge in [-0.2, -0.15) is 0 Å². The third kappa shape index (κ3) is 5.91. The summed E-state index contributed by atoms with van der Waals surface area (Å²) in [6.45, 7) is 8.10. The number of hydrogen-bond acceptors (Lipinski definition) is 3. The molecular formula is C17H24O2S. The van der Waals surface area contributed by atoms with E-state index in [9.17, 15) is 9.59 Å². The van der Waals surface area contributed by atoms with E-state index in [1.165, 1.54) is 11.8 Å². The van der Waals surface area contributed by atoms with Crippen LogP contribution in [0, 0.1) is 11.3 Å².